The van der Waals surface area contributed by atoms with Gasteiger partial charge in [-0.2, -0.15) is 0 Å². The molecule has 0 radical (unpaired) electrons. The van der Waals surface area contributed by atoms with Crippen LogP contribution in [0.5, 0.6) is 0 Å². The second kappa shape index (κ2) is 5.61. The minimum atomic E-state index is -0.333. The molecule has 1 rings (SSSR count). The van der Waals surface area contributed by atoms with Crippen LogP contribution in [0.2, 0.25) is 0 Å². The fourth-order valence-electron chi connectivity index (χ4n) is 0.205. The number of carbonyl (C=O) groups excluding carboxylic acids is 1. The van der Waals surface area contributed by atoms with Crippen LogP contribution in [0.4, 0.5) is 0 Å². The maximum atomic E-state index is 9.22. The lowest BCUT2D eigenvalue weighted by Crippen LogP contribution is -2.01. The van der Waals surface area contributed by atoms with Crippen molar-refractivity contribution in [3.8, 4) is 0 Å². The number of amides is 1. The molecule has 54 valence electrons. The van der Waals surface area contributed by atoms with E-state index in [1.165, 1.54) is 6.92 Å². The van der Waals surface area contributed by atoms with E-state index in [9.17, 15) is 4.79 Å². The van der Waals surface area contributed by atoms with Gasteiger partial charge >= 0.3 is 0 Å². The molecule has 0 aliphatic carbocycles. The minimum absolute atomic E-state index is 0.333. The molecule has 0 saturated carbocycles. The average Bonchev–Trinajstić information content (AvgIpc) is 1.90. The van der Waals surface area contributed by atoms with Crippen LogP contribution in [0.25, 0.3) is 0 Å². The molecule has 10 heavy (non-hydrogen) atoms. The Bertz CT molecular complexity index is 146. The number of hydrogen-bond acceptors (Lipinski definition) is 4. The van der Waals surface area contributed by atoms with E-state index in [0.29, 0.717) is 0 Å². The summed E-state index contributed by atoms with van der Waals surface area (Å²) in [7, 11) is 0. The Kier molecular flexibility index (Phi) is 4.76. The average molecular weight is 140 g/mol. The Morgan fingerprint density at radius 3 is 1.90 bits per heavy atom. The molecule has 0 aliphatic rings. The molecule has 0 fully saturated rings. The SMILES string of the molecule is CC(N)=O.c1cnnnc1. The molecule has 0 aromatic carbocycles. The van der Waals surface area contributed by atoms with Crippen molar-refractivity contribution in [2.24, 2.45) is 5.73 Å². The van der Waals surface area contributed by atoms with E-state index in [2.05, 4.69) is 21.1 Å². The molecule has 0 spiro atoms. The van der Waals surface area contributed by atoms with Crippen LogP contribution in [-0.4, -0.2) is 21.3 Å². The zero-order chi connectivity index (χ0) is 7.82. The number of carbonyl (C=O) groups is 1. The van der Waals surface area contributed by atoms with Gasteiger partial charge in [-0.05, 0) is 11.3 Å². The summed E-state index contributed by atoms with van der Waals surface area (Å²) >= 11 is 0. The molecule has 0 bridgehead atoms. The van der Waals surface area contributed by atoms with Crippen LogP contribution >= 0.6 is 0 Å². The van der Waals surface area contributed by atoms with Crippen molar-refractivity contribution < 1.29 is 4.79 Å². The lowest BCUT2D eigenvalue weighted by Gasteiger charge is -1.68. The second-order valence-electron chi connectivity index (χ2n) is 1.42. The van der Waals surface area contributed by atoms with Crippen molar-refractivity contribution in [2.75, 3.05) is 0 Å². The number of nitrogens with zero attached hydrogens (tertiary/aromatic N) is 3. The summed E-state index contributed by atoms with van der Waals surface area (Å²) in [5.74, 6) is -0.333. The van der Waals surface area contributed by atoms with E-state index in [4.69, 9.17) is 0 Å². The van der Waals surface area contributed by atoms with Gasteiger partial charge in [-0.1, -0.05) is 0 Å². The van der Waals surface area contributed by atoms with Gasteiger partial charge in [0.2, 0.25) is 5.91 Å². The normalized spacial score (nSPS) is 7.30. The van der Waals surface area contributed by atoms with Crippen LogP contribution in [0.1, 0.15) is 6.92 Å². The molecule has 0 saturated heterocycles. The topological polar surface area (TPSA) is 81.8 Å². The fraction of sp³-hybridized carbons (Fsp3) is 0.200. The van der Waals surface area contributed by atoms with E-state index in [0.717, 1.165) is 0 Å². The van der Waals surface area contributed by atoms with Gasteiger partial charge in [0.25, 0.3) is 0 Å². The molecule has 1 amide bonds. The summed E-state index contributed by atoms with van der Waals surface area (Å²) in [6, 6.07) is 1.72. The molecule has 0 unspecified atom stereocenters. The predicted molar refractivity (Wildman–Crippen MR) is 34.7 cm³/mol. The number of rotatable bonds is 0. The van der Waals surface area contributed by atoms with E-state index in [-0.39, 0.29) is 5.91 Å². The van der Waals surface area contributed by atoms with Gasteiger partial charge in [-0.15, -0.1) is 10.2 Å². The van der Waals surface area contributed by atoms with Crippen LogP contribution < -0.4 is 5.73 Å². The number of primary amides is 1. The Balaban J connectivity index is 0.000000180. The maximum absolute atomic E-state index is 9.22. The Morgan fingerprint density at radius 1 is 1.40 bits per heavy atom. The van der Waals surface area contributed by atoms with Crippen LogP contribution in [0.15, 0.2) is 18.5 Å². The summed E-state index contributed by atoms with van der Waals surface area (Å²) in [4.78, 5) is 9.22. The van der Waals surface area contributed by atoms with Crippen molar-refractivity contribution in [2.45, 2.75) is 6.92 Å². The third-order valence-electron chi connectivity index (χ3n) is 0.409. The van der Waals surface area contributed by atoms with Gasteiger partial charge in [0, 0.05) is 6.92 Å². The molecule has 2 N–H and O–H groups in total. The van der Waals surface area contributed by atoms with Gasteiger partial charge in [0.1, 0.15) is 0 Å². The second-order valence-corrected chi connectivity index (χ2v) is 1.42. The Hall–Kier alpha value is -1.52. The highest BCUT2D eigenvalue weighted by atomic mass is 16.1. The first kappa shape index (κ1) is 8.48. The monoisotopic (exact) mass is 140 g/mol. The maximum Gasteiger partial charge on any atom is 0.214 e. The van der Waals surface area contributed by atoms with Gasteiger partial charge in [0.15, 0.2) is 0 Å². The lowest BCUT2D eigenvalue weighted by molar-refractivity contribution is -0.115. The molecular weight excluding hydrogens is 132 g/mol. The lowest BCUT2D eigenvalue weighted by atomic mass is 10.7. The summed E-state index contributed by atoms with van der Waals surface area (Å²) in [5, 5.41) is 10.1. The third kappa shape index (κ3) is 9.70. The summed E-state index contributed by atoms with van der Waals surface area (Å²) < 4.78 is 0. The first-order chi connectivity index (χ1) is 4.73. The molecule has 1 heterocycles. The first-order valence-electron chi connectivity index (χ1n) is 2.58. The van der Waals surface area contributed by atoms with Gasteiger partial charge in [-0.25, -0.2) is 0 Å². The quantitative estimate of drug-likeness (QED) is 0.519. The predicted octanol–water partition coefficient (Wildman–Crippen LogP) is -0.637. The van der Waals surface area contributed by atoms with E-state index in [1.54, 1.807) is 18.5 Å². The molecule has 0 aliphatic heterocycles. The summed E-state index contributed by atoms with van der Waals surface area (Å²) in [6.45, 7) is 1.31. The van der Waals surface area contributed by atoms with Crippen LogP contribution in [-0.2, 0) is 4.79 Å². The van der Waals surface area contributed by atoms with Gasteiger partial charge in [-0.3, -0.25) is 4.79 Å². The van der Waals surface area contributed by atoms with Gasteiger partial charge < -0.3 is 5.73 Å². The Morgan fingerprint density at radius 2 is 1.80 bits per heavy atom. The summed E-state index contributed by atoms with van der Waals surface area (Å²) in [5.41, 5.74) is 4.47. The zero-order valence-electron chi connectivity index (χ0n) is 5.56. The smallest absolute Gasteiger partial charge is 0.214 e. The molecule has 1 aromatic heterocycles. The van der Waals surface area contributed by atoms with Crippen molar-refractivity contribution in [1.29, 1.82) is 0 Å². The largest absolute Gasteiger partial charge is 0.370 e. The van der Waals surface area contributed by atoms with Crippen molar-refractivity contribution in [3.05, 3.63) is 18.5 Å². The number of nitrogens with two attached hydrogens (primary N) is 1. The number of aromatic nitrogens is 3. The minimum Gasteiger partial charge on any atom is -0.370 e. The zero-order valence-corrected chi connectivity index (χ0v) is 5.56. The molecular formula is C5H8N4O. The van der Waals surface area contributed by atoms with Crippen LogP contribution in [0.3, 0.4) is 0 Å². The van der Waals surface area contributed by atoms with Gasteiger partial charge in [0.05, 0.1) is 12.4 Å². The van der Waals surface area contributed by atoms with Crippen LogP contribution in [0, 0.1) is 0 Å². The molecule has 1 aromatic rings. The molecule has 5 nitrogen and oxygen atoms in total. The molecule has 5 heteroatoms. The van der Waals surface area contributed by atoms with E-state index < -0.39 is 0 Å². The van der Waals surface area contributed by atoms with Crippen molar-refractivity contribution in [3.63, 3.8) is 0 Å². The van der Waals surface area contributed by atoms with E-state index >= 15 is 0 Å². The van der Waals surface area contributed by atoms with Crippen molar-refractivity contribution >= 4 is 5.91 Å². The van der Waals surface area contributed by atoms with E-state index in [1.807, 2.05) is 0 Å². The first-order valence-corrected chi connectivity index (χ1v) is 2.58. The third-order valence-corrected chi connectivity index (χ3v) is 0.409. The van der Waals surface area contributed by atoms with Crippen molar-refractivity contribution in [1.82, 2.24) is 15.4 Å². The highest BCUT2D eigenvalue weighted by Crippen LogP contribution is 1.61. The highest BCUT2D eigenvalue weighted by molar-refractivity contribution is 5.70. The standard InChI is InChI=1S/C3H3N3.C2H5NO/c1-2-4-6-5-3-1;1-2(3)4/h1-3H;1H3,(H2,3,4). The highest BCUT2D eigenvalue weighted by Gasteiger charge is 1.61. The molecule has 0 atom stereocenters. The Labute approximate surface area is 58.3 Å². The number of hydrogen-bond donors (Lipinski definition) is 1. The fourth-order valence-corrected chi connectivity index (χ4v) is 0.205. The summed E-state index contributed by atoms with van der Waals surface area (Å²) in [6.07, 6.45) is 3.15.